The van der Waals surface area contributed by atoms with Crippen LogP contribution in [0.4, 0.5) is 0 Å². The van der Waals surface area contributed by atoms with Crippen molar-refractivity contribution in [2.45, 2.75) is 33.4 Å². The SMILES string of the molecule is CCOC(=O)C1=C(C)N=c2s/c(=C\c3cc(Br)cc(I)c3OCc3cccc4ccccc34)c(=O)n2[C@@H]1c1ccc(OCC)cc1. The monoisotopic (exact) mass is 808 g/mol. The lowest BCUT2D eigenvalue weighted by Crippen LogP contribution is -2.39. The molecule has 6 rings (SSSR count). The third kappa shape index (κ3) is 6.43. The number of fused-ring (bicyclic) bond motifs is 2. The Morgan fingerprint density at radius 3 is 2.54 bits per heavy atom. The van der Waals surface area contributed by atoms with Gasteiger partial charge in [-0.2, -0.15) is 0 Å². The molecule has 0 spiro atoms. The number of allylic oxidation sites excluding steroid dienone is 1. The second-order valence-corrected chi connectivity index (χ2v) is 13.6. The second-order valence-electron chi connectivity index (χ2n) is 10.5. The maximum atomic E-state index is 14.2. The molecule has 0 N–H and O–H groups in total. The fourth-order valence-corrected chi connectivity index (χ4v) is 8.31. The number of ether oxygens (including phenoxy) is 3. The summed E-state index contributed by atoms with van der Waals surface area (Å²) in [7, 11) is 0. The van der Waals surface area contributed by atoms with Crippen LogP contribution in [-0.2, 0) is 16.1 Å². The number of carbonyl (C=O) groups excluding carboxylic acids is 1. The van der Waals surface area contributed by atoms with Crippen LogP contribution in [0.25, 0.3) is 16.8 Å². The van der Waals surface area contributed by atoms with E-state index in [0.29, 0.717) is 45.3 Å². The van der Waals surface area contributed by atoms with Gasteiger partial charge in [-0.15, -0.1) is 0 Å². The van der Waals surface area contributed by atoms with Gasteiger partial charge in [0, 0.05) is 10.0 Å². The van der Waals surface area contributed by atoms with E-state index in [9.17, 15) is 9.59 Å². The van der Waals surface area contributed by atoms with E-state index in [4.69, 9.17) is 19.2 Å². The Hall–Kier alpha value is -3.74. The summed E-state index contributed by atoms with van der Waals surface area (Å²) >= 11 is 7.16. The molecule has 1 aromatic heterocycles. The molecule has 1 aliphatic heterocycles. The van der Waals surface area contributed by atoms with E-state index in [1.165, 1.54) is 11.3 Å². The summed E-state index contributed by atoms with van der Waals surface area (Å²) in [6, 6.07) is 25.1. The van der Waals surface area contributed by atoms with Crippen LogP contribution in [0.5, 0.6) is 11.5 Å². The molecular weight excluding hydrogens is 779 g/mol. The average molecular weight is 810 g/mol. The van der Waals surface area contributed by atoms with Gasteiger partial charge < -0.3 is 14.2 Å². The summed E-state index contributed by atoms with van der Waals surface area (Å²) in [6.07, 6.45) is 1.84. The number of benzene rings is 4. The van der Waals surface area contributed by atoms with Crippen LogP contribution in [0, 0.1) is 3.57 Å². The standard InChI is InChI=1S/C36H30BrIN2O5S/c1-4-43-27-15-13-23(14-16-27)32-31(35(42)44-5-2)21(3)39-36-40(32)34(41)30(46-36)18-25-17-26(37)19-29(38)33(25)45-20-24-11-8-10-22-9-6-7-12-28(22)24/h6-19,32H,4-5,20H2,1-3H3/b30-18-/t32-/m1/s1. The fourth-order valence-electron chi connectivity index (χ4n) is 5.57. The highest BCUT2D eigenvalue weighted by atomic mass is 127. The molecular formula is C36H30BrIN2O5S. The number of hydrogen-bond donors (Lipinski definition) is 0. The molecule has 2 heterocycles. The molecule has 0 radical (unpaired) electrons. The minimum absolute atomic E-state index is 0.207. The second kappa shape index (κ2) is 13.9. The largest absolute Gasteiger partial charge is 0.494 e. The summed E-state index contributed by atoms with van der Waals surface area (Å²) in [6.45, 7) is 6.56. The quantitative estimate of drug-likeness (QED) is 0.116. The first-order valence-electron chi connectivity index (χ1n) is 14.8. The van der Waals surface area contributed by atoms with Crippen molar-refractivity contribution in [3.05, 3.63) is 135 Å². The average Bonchev–Trinajstić information content (AvgIpc) is 3.34. The molecule has 0 saturated heterocycles. The van der Waals surface area contributed by atoms with Crippen molar-refractivity contribution >= 4 is 72.7 Å². The van der Waals surface area contributed by atoms with Gasteiger partial charge in [-0.25, -0.2) is 9.79 Å². The van der Waals surface area contributed by atoms with Gasteiger partial charge in [0.25, 0.3) is 5.56 Å². The Kier molecular flexibility index (Phi) is 9.76. The Balaban J connectivity index is 1.45. The lowest BCUT2D eigenvalue weighted by atomic mass is 9.96. The van der Waals surface area contributed by atoms with E-state index in [0.717, 1.165) is 35.5 Å². The highest BCUT2D eigenvalue weighted by Gasteiger charge is 2.33. The van der Waals surface area contributed by atoms with Gasteiger partial charge >= 0.3 is 5.97 Å². The molecule has 1 atom stereocenters. The molecule has 234 valence electrons. The summed E-state index contributed by atoms with van der Waals surface area (Å²) in [5.41, 5.74) is 3.17. The van der Waals surface area contributed by atoms with Crippen LogP contribution < -0.4 is 24.4 Å². The third-order valence-corrected chi connectivity index (χ3v) is 9.84. The zero-order valence-corrected chi connectivity index (χ0v) is 29.9. The topological polar surface area (TPSA) is 79.1 Å². The van der Waals surface area contributed by atoms with E-state index in [-0.39, 0.29) is 12.2 Å². The molecule has 5 aromatic rings. The Labute approximate surface area is 292 Å². The molecule has 0 amide bonds. The molecule has 0 bridgehead atoms. The summed E-state index contributed by atoms with van der Waals surface area (Å²) in [5.74, 6) is 0.883. The number of halogens is 2. The highest BCUT2D eigenvalue weighted by molar-refractivity contribution is 14.1. The smallest absolute Gasteiger partial charge is 0.338 e. The van der Waals surface area contributed by atoms with Crippen LogP contribution >= 0.6 is 49.9 Å². The van der Waals surface area contributed by atoms with E-state index < -0.39 is 12.0 Å². The summed E-state index contributed by atoms with van der Waals surface area (Å²) in [5, 5.41) is 2.28. The van der Waals surface area contributed by atoms with E-state index in [1.54, 1.807) is 18.4 Å². The normalized spacial score (nSPS) is 14.6. The molecule has 0 aliphatic carbocycles. The van der Waals surface area contributed by atoms with Crippen molar-refractivity contribution in [1.29, 1.82) is 0 Å². The van der Waals surface area contributed by atoms with Crippen LogP contribution in [-0.4, -0.2) is 23.8 Å². The van der Waals surface area contributed by atoms with E-state index in [2.05, 4.69) is 62.8 Å². The first kappa shape index (κ1) is 32.2. The molecule has 1 aliphatic rings. The van der Waals surface area contributed by atoms with Crippen molar-refractivity contribution in [2.75, 3.05) is 13.2 Å². The van der Waals surface area contributed by atoms with Crippen molar-refractivity contribution in [2.24, 2.45) is 4.99 Å². The van der Waals surface area contributed by atoms with Crippen molar-refractivity contribution in [1.82, 2.24) is 4.57 Å². The van der Waals surface area contributed by atoms with Crippen molar-refractivity contribution in [3.8, 4) is 11.5 Å². The van der Waals surface area contributed by atoms with Gasteiger partial charge in [0.15, 0.2) is 4.80 Å². The van der Waals surface area contributed by atoms with Gasteiger partial charge in [-0.05, 0) is 95.6 Å². The third-order valence-electron chi connectivity index (χ3n) is 7.60. The van der Waals surface area contributed by atoms with Gasteiger partial charge in [-0.3, -0.25) is 9.36 Å². The molecule has 0 fully saturated rings. The van der Waals surface area contributed by atoms with Crippen LogP contribution in [0.3, 0.4) is 0 Å². The predicted molar refractivity (Wildman–Crippen MR) is 193 cm³/mol. The molecule has 0 unspecified atom stereocenters. The van der Waals surface area contributed by atoms with Gasteiger partial charge in [0.05, 0.1) is 38.6 Å². The Morgan fingerprint density at radius 2 is 1.78 bits per heavy atom. The Morgan fingerprint density at radius 1 is 1.02 bits per heavy atom. The number of aromatic nitrogens is 1. The predicted octanol–water partition coefficient (Wildman–Crippen LogP) is 7.30. The van der Waals surface area contributed by atoms with Gasteiger partial charge in [0.1, 0.15) is 18.1 Å². The maximum Gasteiger partial charge on any atom is 0.338 e. The number of thiazole rings is 1. The Bertz CT molecular complexity index is 2170. The zero-order valence-electron chi connectivity index (χ0n) is 25.4. The summed E-state index contributed by atoms with van der Waals surface area (Å²) in [4.78, 5) is 32.7. The van der Waals surface area contributed by atoms with E-state index in [1.807, 2.05) is 67.6 Å². The minimum Gasteiger partial charge on any atom is -0.494 e. The number of hydrogen-bond acceptors (Lipinski definition) is 7. The number of esters is 1. The lowest BCUT2D eigenvalue weighted by molar-refractivity contribution is -0.139. The van der Waals surface area contributed by atoms with Gasteiger partial charge in [-0.1, -0.05) is 81.9 Å². The first-order chi connectivity index (χ1) is 22.3. The van der Waals surface area contributed by atoms with Gasteiger partial charge in [0.2, 0.25) is 0 Å². The minimum atomic E-state index is -0.710. The van der Waals surface area contributed by atoms with Crippen LogP contribution in [0.1, 0.15) is 43.5 Å². The maximum absolute atomic E-state index is 14.2. The molecule has 46 heavy (non-hydrogen) atoms. The van der Waals surface area contributed by atoms with E-state index >= 15 is 0 Å². The van der Waals surface area contributed by atoms with Crippen LogP contribution in [0.15, 0.2) is 104 Å². The fraction of sp³-hybridized carbons (Fsp3) is 0.194. The summed E-state index contributed by atoms with van der Waals surface area (Å²) < 4.78 is 21.4. The number of rotatable bonds is 9. The molecule has 0 saturated carbocycles. The highest BCUT2D eigenvalue weighted by Crippen LogP contribution is 2.33. The zero-order chi connectivity index (χ0) is 32.4. The molecule has 7 nitrogen and oxygen atoms in total. The van der Waals surface area contributed by atoms with Crippen molar-refractivity contribution in [3.63, 3.8) is 0 Å². The van der Waals surface area contributed by atoms with Crippen LogP contribution in [0.2, 0.25) is 0 Å². The molecule has 10 heteroatoms. The van der Waals surface area contributed by atoms with Crippen molar-refractivity contribution < 1.29 is 19.0 Å². The molecule has 4 aromatic carbocycles. The first-order valence-corrected chi connectivity index (χ1v) is 17.5. The lowest BCUT2D eigenvalue weighted by Gasteiger charge is -2.24. The number of carbonyl (C=O) groups is 1. The number of nitrogens with zero attached hydrogens (tertiary/aromatic N) is 2.